The summed E-state index contributed by atoms with van der Waals surface area (Å²) in [6, 6.07) is 0. The topological polar surface area (TPSA) is 18.5 Å². The first-order valence-electron chi connectivity index (χ1n) is 6.10. The molecule has 0 aromatic heterocycles. The number of hydrogen-bond donors (Lipinski definition) is 0. The Labute approximate surface area is 94.2 Å². The van der Waals surface area contributed by atoms with Crippen LogP contribution in [0.2, 0.25) is 0 Å². The molecule has 1 heterocycles. The third-order valence-corrected chi connectivity index (χ3v) is 2.73. The van der Waals surface area contributed by atoms with Crippen molar-refractivity contribution in [3.05, 3.63) is 11.0 Å². The predicted molar refractivity (Wildman–Crippen MR) is 64.8 cm³/mol. The second-order valence-corrected chi connectivity index (χ2v) is 4.59. The fourth-order valence-corrected chi connectivity index (χ4v) is 1.86. The van der Waals surface area contributed by atoms with Gasteiger partial charge in [0.2, 0.25) is 0 Å². The summed E-state index contributed by atoms with van der Waals surface area (Å²) in [7, 11) is -0.0677. The van der Waals surface area contributed by atoms with Gasteiger partial charge in [-0.15, -0.1) is 0 Å². The molecule has 0 unspecified atom stereocenters. The van der Waals surface area contributed by atoms with Crippen LogP contribution < -0.4 is 0 Å². The fraction of sp³-hybridized carbons (Fsp3) is 0.833. The Bertz CT molecular complexity index is 224. The van der Waals surface area contributed by atoms with Crippen molar-refractivity contribution >= 4 is 7.12 Å². The van der Waals surface area contributed by atoms with Gasteiger partial charge >= 0.3 is 7.12 Å². The lowest BCUT2D eigenvalue weighted by Gasteiger charge is -2.14. The molecule has 0 spiro atoms. The van der Waals surface area contributed by atoms with E-state index in [0.29, 0.717) is 0 Å². The molecule has 2 nitrogen and oxygen atoms in total. The number of hydrogen-bond acceptors (Lipinski definition) is 2. The molecule has 0 aromatic carbocycles. The van der Waals surface area contributed by atoms with Crippen LogP contribution in [-0.2, 0) is 9.31 Å². The monoisotopic (exact) mass is 210 g/mol. The second kappa shape index (κ2) is 6.34. The van der Waals surface area contributed by atoms with Crippen LogP contribution in [0.15, 0.2) is 11.0 Å². The van der Waals surface area contributed by atoms with Gasteiger partial charge in [-0.1, -0.05) is 31.8 Å². The molecule has 1 rings (SSSR count). The van der Waals surface area contributed by atoms with Gasteiger partial charge in [0.1, 0.15) is 0 Å². The van der Waals surface area contributed by atoms with Gasteiger partial charge in [-0.3, -0.25) is 0 Å². The van der Waals surface area contributed by atoms with Crippen LogP contribution in [0.25, 0.3) is 0 Å². The zero-order chi connectivity index (χ0) is 11.3. The maximum atomic E-state index is 5.74. The number of rotatable bonds is 6. The van der Waals surface area contributed by atoms with Crippen molar-refractivity contribution in [3.63, 3.8) is 0 Å². The van der Waals surface area contributed by atoms with Gasteiger partial charge in [-0.05, 0) is 32.7 Å². The first-order valence-corrected chi connectivity index (χ1v) is 6.10. The van der Waals surface area contributed by atoms with E-state index in [4.69, 9.17) is 9.31 Å². The van der Waals surface area contributed by atoms with Crippen molar-refractivity contribution < 1.29 is 9.31 Å². The Morgan fingerprint density at radius 3 is 2.73 bits per heavy atom. The molecular formula is C12H23BO2. The highest BCUT2D eigenvalue weighted by atomic mass is 16.6. The summed E-state index contributed by atoms with van der Waals surface area (Å²) in [6.07, 6.45) is 5.19. The smallest absolute Gasteiger partial charge is 0.405 e. The van der Waals surface area contributed by atoms with Gasteiger partial charge in [0.25, 0.3) is 0 Å². The van der Waals surface area contributed by atoms with E-state index in [-0.39, 0.29) is 13.2 Å². The van der Waals surface area contributed by atoms with Gasteiger partial charge in [-0.2, -0.15) is 0 Å². The first kappa shape index (κ1) is 12.8. The maximum absolute atomic E-state index is 5.74. The predicted octanol–water partition coefficient (Wildman–Crippen LogP) is 3.37. The van der Waals surface area contributed by atoms with Crippen molar-refractivity contribution in [1.29, 1.82) is 0 Å². The highest BCUT2D eigenvalue weighted by Crippen LogP contribution is 2.24. The fourth-order valence-electron chi connectivity index (χ4n) is 1.86. The van der Waals surface area contributed by atoms with Crippen LogP contribution in [0.4, 0.5) is 0 Å². The zero-order valence-electron chi connectivity index (χ0n) is 10.5. The van der Waals surface area contributed by atoms with Gasteiger partial charge < -0.3 is 9.31 Å². The van der Waals surface area contributed by atoms with E-state index in [1.165, 1.54) is 30.3 Å². The molecule has 0 aromatic rings. The molecule has 0 radical (unpaired) electrons. The van der Waals surface area contributed by atoms with Crippen molar-refractivity contribution in [2.45, 2.75) is 59.5 Å². The van der Waals surface area contributed by atoms with Crippen molar-refractivity contribution in [1.82, 2.24) is 0 Å². The molecule has 0 fully saturated rings. The van der Waals surface area contributed by atoms with Gasteiger partial charge in [0.15, 0.2) is 0 Å². The molecule has 0 aliphatic carbocycles. The minimum absolute atomic E-state index is 0.0677. The average Bonchev–Trinajstić information content (AvgIpc) is 2.49. The number of allylic oxidation sites excluding steroid dienone is 1. The summed E-state index contributed by atoms with van der Waals surface area (Å²) in [5.41, 5.74) is 2.76. The van der Waals surface area contributed by atoms with E-state index in [1.807, 2.05) is 0 Å². The van der Waals surface area contributed by atoms with Crippen LogP contribution >= 0.6 is 0 Å². The molecule has 1 aliphatic rings. The molecule has 0 saturated carbocycles. The lowest BCUT2D eigenvalue weighted by Crippen LogP contribution is -2.25. The standard InChI is InChI=1S/C12H23BO2/c1-5-6-7-8-12-11(4)9-14-13(12)15-10(2)3/h10H,5-9H2,1-4H3. The molecule has 0 bridgehead atoms. The van der Waals surface area contributed by atoms with Crippen LogP contribution in [0, 0.1) is 0 Å². The molecule has 0 saturated heterocycles. The second-order valence-electron chi connectivity index (χ2n) is 4.59. The third-order valence-electron chi connectivity index (χ3n) is 2.73. The lowest BCUT2D eigenvalue weighted by atomic mass is 9.75. The molecule has 3 heteroatoms. The van der Waals surface area contributed by atoms with Crippen molar-refractivity contribution in [2.24, 2.45) is 0 Å². The molecule has 15 heavy (non-hydrogen) atoms. The molecule has 0 N–H and O–H groups in total. The van der Waals surface area contributed by atoms with E-state index >= 15 is 0 Å². The Kier molecular flexibility index (Phi) is 5.41. The van der Waals surface area contributed by atoms with Crippen LogP contribution in [-0.4, -0.2) is 19.8 Å². The molecular weight excluding hydrogens is 187 g/mol. The Hall–Kier alpha value is -0.275. The van der Waals surface area contributed by atoms with E-state index in [9.17, 15) is 0 Å². The van der Waals surface area contributed by atoms with E-state index in [2.05, 4.69) is 27.7 Å². The largest absolute Gasteiger partial charge is 0.490 e. The maximum Gasteiger partial charge on any atom is 0.490 e. The van der Waals surface area contributed by atoms with Gasteiger partial charge in [0.05, 0.1) is 6.61 Å². The first-order chi connectivity index (χ1) is 7.15. The highest BCUT2D eigenvalue weighted by molar-refractivity contribution is 6.54. The molecule has 86 valence electrons. The minimum Gasteiger partial charge on any atom is -0.405 e. The highest BCUT2D eigenvalue weighted by Gasteiger charge is 2.31. The van der Waals surface area contributed by atoms with E-state index in [0.717, 1.165) is 13.0 Å². The van der Waals surface area contributed by atoms with Gasteiger partial charge in [-0.25, -0.2) is 0 Å². The van der Waals surface area contributed by atoms with Crippen LogP contribution in [0.3, 0.4) is 0 Å². The number of unbranched alkanes of at least 4 members (excludes halogenated alkanes) is 2. The SMILES string of the molecule is CCCCCC1=C(C)COB1OC(C)C. The average molecular weight is 210 g/mol. The molecule has 1 aliphatic heterocycles. The van der Waals surface area contributed by atoms with E-state index in [1.54, 1.807) is 0 Å². The normalized spacial score (nSPS) is 17.0. The quantitative estimate of drug-likeness (QED) is 0.494. The van der Waals surface area contributed by atoms with Crippen LogP contribution in [0.5, 0.6) is 0 Å². The van der Waals surface area contributed by atoms with Crippen molar-refractivity contribution in [3.8, 4) is 0 Å². The Morgan fingerprint density at radius 1 is 1.40 bits per heavy atom. The molecule has 0 atom stereocenters. The third kappa shape index (κ3) is 4.00. The molecule has 0 amide bonds. The summed E-state index contributed by atoms with van der Waals surface area (Å²) < 4.78 is 11.4. The lowest BCUT2D eigenvalue weighted by molar-refractivity contribution is 0.179. The summed E-state index contributed by atoms with van der Waals surface area (Å²) in [4.78, 5) is 0. The van der Waals surface area contributed by atoms with Crippen LogP contribution in [0.1, 0.15) is 53.4 Å². The van der Waals surface area contributed by atoms with Crippen molar-refractivity contribution in [2.75, 3.05) is 6.61 Å². The zero-order valence-corrected chi connectivity index (χ0v) is 10.5. The summed E-state index contributed by atoms with van der Waals surface area (Å²) in [6.45, 7) is 9.25. The Morgan fingerprint density at radius 2 is 2.13 bits per heavy atom. The van der Waals surface area contributed by atoms with Gasteiger partial charge in [0, 0.05) is 6.10 Å². The summed E-state index contributed by atoms with van der Waals surface area (Å²) >= 11 is 0. The van der Waals surface area contributed by atoms with E-state index < -0.39 is 0 Å². The summed E-state index contributed by atoms with van der Waals surface area (Å²) in [5, 5.41) is 0. The minimum atomic E-state index is -0.0677. The Balaban J connectivity index is 2.45. The summed E-state index contributed by atoms with van der Waals surface area (Å²) in [5.74, 6) is 0.